The van der Waals surface area contributed by atoms with Gasteiger partial charge in [0.25, 0.3) is 5.91 Å². The van der Waals surface area contributed by atoms with E-state index in [-0.39, 0.29) is 24.0 Å². The fourth-order valence-corrected chi connectivity index (χ4v) is 3.55. The maximum atomic E-state index is 13.3. The van der Waals surface area contributed by atoms with Gasteiger partial charge in [-0.2, -0.15) is 0 Å². The van der Waals surface area contributed by atoms with Gasteiger partial charge in [-0.25, -0.2) is 4.79 Å². The van der Waals surface area contributed by atoms with Crippen molar-refractivity contribution >= 4 is 23.3 Å². The summed E-state index contributed by atoms with van der Waals surface area (Å²) in [4.78, 5) is 27.3. The van der Waals surface area contributed by atoms with Crippen LogP contribution < -0.4 is 20.7 Å². The molecular formula is C24H32N4O4. The molecule has 0 aromatic heterocycles. The number of hydrogen-bond donors (Lipinski definition) is 3. The summed E-state index contributed by atoms with van der Waals surface area (Å²) in [6.07, 6.45) is -0.106. The van der Waals surface area contributed by atoms with Crippen molar-refractivity contribution in [1.29, 1.82) is 0 Å². The minimum atomic E-state index is -0.392. The molecule has 0 bridgehead atoms. The number of benzene rings is 2. The molecule has 0 fully saturated rings. The molecule has 0 saturated heterocycles. The Balaban J connectivity index is 1.82. The molecule has 1 aliphatic heterocycles. The van der Waals surface area contributed by atoms with E-state index in [9.17, 15) is 9.59 Å². The third-order valence-electron chi connectivity index (χ3n) is 5.51. The Hall–Kier alpha value is -3.10. The van der Waals surface area contributed by atoms with Crippen molar-refractivity contribution in [3.8, 4) is 5.75 Å². The maximum Gasteiger partial charge on any atom is 0.323 e. The lowest BCUT2D eigenvalue weighted by Crippen LogP contribution is -2.44. The van der Waals surface area contributed by atoms with Crippen LogP contribution in [0.15, 0.2) is 48.5 Å². The van der Waals surface area contributed by atoms with Crippen LogP contribution in [0.4, 0.5) is 16.2 Å². The van der Waals surface area contributed by atoms with Crippen LogP contribution in [-0.2, 0) is 4.74 Å². The van der Waals surface area contributed by atoms with Crippen LogP contribution in [0, 0.1) is 5.92 Å². The first-order chi connectivity index (χ1) is 15.4. The lowest BCUT2D eigenvalue weighted by Gasteiger charge is -2.30. The Labute approximate surface area is 189 Å². The Morgan fingerprint density at radius 2 is 1.84 bits per heavy atom. The zero-order valence-electron chi connectivity index (χ0n) is 19.1. The minimum Gasteiger partial charge on any atom is -0.491 e. The lowest BCUT2D eigenvalue weighted by molar-refractivity contribution is 0.0281. The van der Waals surface area contributed by atoms with E-state index in [1.54, 1.807) is 49.4 Å². The fourth-order valence-electron chi connectivity index (χ4n) is 3.55. The highest BCUT2D eigenvalue weighted by Crippen LogP contribution is 2.26. The zero-order chi connectivity index (χ0) is 23.1. The molecule has 0 radical (unpaired) electrons. The lowest BCUT2D eigenvalue weighted by atomic mass is 10.0. The molecule has 8 nitrogen and oxygen atoms in total. The summed E-state index contributed by atoms with van der Waals surface area (Å²) in [7, 11) is 3.41. The number of rotatable bonds is 3. The second-order valence-corrected chi connectivity index (χ2v) is 8.21. The van der Waals surface area contributed by atoms with Crippen LogP contribution in [0.1, 0.15) is 24.2 Å². The van der Waals surface area contributed by atoms with Crippen LogP contribution in [0.5, 0.6) is 5.75 Å². The Bertz CT molecular complexity index is 921. The van der Waals surface area contributed by atoms with Gasteiger partial charge in [0, 0.05) is 44.7 Å². The first-order valence-electron chi connectivity index (χ1n) is 10.8. The van der Waals surface area contributed by atoms with Crippen molar-refractivity contribution in [2.24, 2.45) is 5.92 Å². The molecule has 172 valence electrons. The number of ether oxygens (including phenoxy) is 2. The maximum absolute atomic E-state index is 13.3. The molecule has 3 rings (SSSR count). The van der Waals surface area contributed by atoms with E-state index in [1.165, 1.54) is 0 Å². The largest absolute Gasteiger partial charge is 0.491 e. The second kappa shape index (κ2) is 11.0. The highest BCUT2D eigenvalue weighted by atomic mass is 16.5. The molecule has 8 heteroatoms. The molecular weight excluding hydrogens is 408 g/mol. The van der Waals surface area contributed by atoms with Crippen molar-refractivity contribution in [2.45, 2.75) is 26.0 Å². The normalized spacial score (nSPS) is 22.1. The number of likely N-dealkylation sites (N-methyl/N-ethyl adjacent to an activating group) is 1. The van der Waals surface area contributed by atoms with Gasteiger partial charge in [0.1, 0.15) is 12.4 Å². The molecule has 0 saturated carbocycles. The summed E-state index contributed by atoms with van der Waals surface area (Å²) in [5, 5.41) is 9.01. The number of anilines is 2. The Kier molecular flexibility index (Phi) is 8.08. The van der Waals surface area contributed by atoms with Gasteiger partial charge in [-0.15, -0.1) is 0 Å². The zero-order valence-corrected chi connectivity index (χ0v) is 19.1. The summed E-state index contributed by atoms with van der Waals surface area (Å²) < 4.78 is 11.6. The van der Waals surface area contributed by atoms with Gasteiger partial charge in [0.05, 0.1) is 11.7 Å². The quantitative estimate of drug-likeness (QED) is 0.680. The van der Waals surface area contributed by atoms with Crippen molar-refractivity contribution < 1.29 is 19.1 Å². The van der Waals surface area contributed by atoms with Crippen molar-refractivity contribution in [2.75, 3.05) is 44.5 Å². The predicted octanol–water partition coefficient (Wildman–Crippen LogP) is 3.42. The van der Waals surface area contributed by atoms with Gasteiger partial charge in [0.15, 0.2) is 0 Å². The van der Waals surface area contributed by atoms with Gasteiger partial charge in [-0.1, -0.05) is 25.1 Å². The fraction of sp³-hybridized carbons (Fsp3) is 0.417. The second-order valence-electron chi connectivity index (χ2n) is 8.21. The molecule has 1 heterocycles. The van der Waals surface area contributed by atoms with E-state index in [2.05, 4.69) is 22.9 Å². The van der Waals surface area contributed by atoms with Gasteiger partial charge in [-0.05, 0) is 43.2 Å². The van der Waals surface area contributed by atoms with E-state index < -0.39 is 6.03 Å². The molecule has 3 atom stereocenters. The van der Waals surface area contributed by atoms with Crippen LogP contribution in [0.25, 0.3) is 0 Å². The number of hydrogen-bond acceptors (Lipinski definition) is 5. The molecule has 3 amide bonds. The number of nitrogens with one attached hydrogen (secondary N) is 3. The smallest absolute Gasteiger partial charge is 0.323 e. The van der Waals surface area contributed by atoms with Crippen molar-refractivity contribution in [1.82, 2.24) is 10.2 Å². The summed E-state index contributed by atoms with van der Waals surface area (Å²) in [6.45, 7) is 5.75. The van der Waals surface area contributed by atoms with Gasteiger partial charge in [-0.3, -0.25) is 4.79 Å². The van der Waals surface area contributed by atoms with Crippen LogP contribution in [0.3, 0.4) is 0 Å². The Morgan fingerprint density at radius 3 is 2.56 bits per heavy atom. The van der Waals surface area contributed by atoms with E-state index in [0.29, 0.717) is 35.8 Å². The third kappa shape index (κ3) is 6.21. The molecule has 3 N–H and O–H groups in total. The van der Waals surface area contributed by atoms with Crippen LogP contribution >= 0.6 is 0 Å². The van der Waals surface area contributed by atoms with E-state index in [1.807, 2.05) is 25.1 Å². The average Bonchev–Trinajstić information content (AvgIpc) is 2.79. The molecule has 1 aliphatic rings. The number of amides is 3. The van der Waals surface area contributed by atoms with Crippen molar-refractivity contribution in [3.63, 3.8) is 0 Å². The molecule has 0 unspecified atom stereocenters. The summed E-state index contributed by atoms with van der Waals surface area (Å²) in [5.41, 5.74) is 1.56. The molecule has 0 spiro atoms. The molecule has 0 aliphatic carbocycles. The average molecular weight is 441 g/mol. The van der Waals surface area contributed by atoms with Gasteiger partial charge < -0.3 is 30.3 Å². The van der Waals surface area contributed by atoms with E-state index in [0.717, 1.165) is 6.54 Å². The van der Waals surface area contributed by atoms with Crippen LogP contribution in [-0.4, -0.2) is 62.8 Å². The summed E-state index contributed by atoms with van der Waals surface area (Å²) in [6, 6.07) is 13.9. The highest BCUT2D eigenvalue weighted by molar-refractivity contribution is 6.02. The summed E-state index contributed by atoms with van der Waals surface area (Å²) in [5.74, 6) is 0.501. The minimum absolute atomic E-state index is 0.101. The number of methoxy groups -OCH3 is 1. The number of fused-ring (bicyclic) bond motifs is 1. The van der Waals surface area contributed by atoms with Gasteiger partial charge >= 0.3 is 6.03 Å². The number of carbonyl (C=O) groups excluding carboxylic acids is 2. The summed E-state index contributed by atoms with van der Waals surface area (Å²) >= 11 is 0. The van der Waals surface area contributed by atoms with E-state index >= 15 is 0 Å². The van der Waals surface area contributed by atoms with Crippen LogP contribution in [0.2, 0.25) is 0 Å². The number of urea groups is 1. The van der Waals surface area contributed by atoms with Crippen molar-refractivity contribution in [3.05, 3.63) is 54.1 Å². The first-order valence-corrected chi connectivity index (χ1v) is 10.8. The molecule has 32 heavy (non-hydrogen) atoms. The monoisotopic (exact) mass is 440 g/mol. The number of nitrogens with zero attached hydrogens (tertiary/aromatic N) is 1. The first kappa shape index (κ1) is 23.6. The number of carbonyl (C=O) groups is 2. The SMILES string of the molecule is CO[C@H]1CN(C)C(=O)c2cc(NC(=O)Nc3ccccc3)ccc2OC[C@H](C)NC[C@@H]1C. The highest BCUT2D eigenvalue weighted by Gasteiger charge is 2.25. The van der Waals surface area contributed by atoms with Gasteiger partial charge in [0.2, 0.25) is 0 Å². The predicted molar refractivity (Wildman–Crippen MR) is 125 cm³/mol. The standard InChI is InChI=1S/C24H32N4O4/c1-16-13-25-17(2)15-32-21-11-10-19(27-24(30)26-18-8-6-5-7-9-18)12-20(21)23(29)28(3)14-22(16)31-4/h5-12,16-17,22,25H,13-15H2,1-4H3,(H2,26,27,30)/t16-,17-,22-/m0/s1. The molecule has 2 aromatic carbocycles. The van der Waals surface area contributed by atoms with E-state index in [4.69, 9.17) is 9.47 Å². The Morgan fingerprint density at radius 1 is 1.12 bits per heavy atom. The third-order valence-corrected chi connectivity index (χ3v) is 5.51. The topological polar surface area (TPSA) is 91.9 Å². The molecule has 2 aromatic rings. The number of para-hydroxylation sites is 1.